The van der Waals surface area contributed by atoms with Crippen molar-refractivity contribution in [2.75, 3.05) is 5.32 Å². The molecule has 0 bridgehead atoms. The van der Waals surface area contributed by atoms with Crippen molar-refractivity contribution in [1.82, 2.24) is 0 Å². The Morgan fingerprint density at radius 1 is 1.17 bits per heavy atom. The molecule has 0 aliphatic rings. The maximum Gasteiger partial charge on any atom is 0.573 e. The Morgan fingerprint density at radius 3 is 2.43 bits per heavy atom. The molecule has 23 heavy (non-hydrogen) atoms. The predicted molar refractivity (Wildman–Crippen MR) is 84.7 cm³/mol. The highest BCUT2D eigenvalue weighted by molar-refractivity contribution is 9.10. The monoisotopic (exact) mass is 387 g/mol. The third kappa shape index (κ3) is 5.28. The van der Waals surface area contributed by atoms with Gasteiger partial charge < -0.3 is 10.1 Å². The van der Waals surface area contributed by atoms with Crippen molar-refractivity contribution in [3.63, 3.8) is 0 Å². The summed E-state index contributed by atoms with van der Waals surface area (Å²) in [6.07, 6.45) is -4.79. The second kappa shape index (κ2) is 7.04. The molecule has 0 spiro atoms. The molecule has 2 aromatic carbocycles. The van der Waals surface area contributed by atoms with E-state index < -0.39 is 18.2 Å². The zero-order chi connectivity index (χ0) is 17.0. The molecule has 0 fully saturated rings. The number of Topliss-reactive ketones (excluding diaryl/α,β-unsaturated/α-hetero) is 1. The molecule has 122 valence electrons. The molecule has 1 atom stereocenters. The summed E-state index contributed by atoms with van der Waals surface area (Å²) in [4.78, 5) is 12.3. The maximum absolute atomic E-state index is 12.3. The Hall–Kier alpha value is -2.02. The molecule has 0 aromatic heterocycles. The van der Waals surface area contributed by atoms with Crippen LogP contribution in [0.25, 0.3) is 0 Å². The van der Waals surface area contributed by atoms with Crippen LogP contribution in [0.15, 0.2) is 53.0 Å². The van der Waals surface area contributed by atoms with E-state index in [-0.39, 0.29) is 11.3 Å². The average molecular weight is 388 g/mol. The molecule has 0 aliphatic heterocycles. The van der Waals surface area contributed by atoms with E-state index >= 15 is 0 Å². The van der Waals surface area contributed by atoms with Crippen molar-refractivity contribution in [2.24, 2.45) is 0 Å². The van der Waals surface area contributed by atoms with E-state index in [9.17, 15) is 18.0 Å². The molecule has 0 aliphatic carbocycles. The van der Waals surface area contributed by atoms with Crippen LogP contribution in [-0.2, 0) is 0 Å². The molecule has 7 heteroatoms. The van der Waals surface area contributed by atoms with Gasteiger partial charge in [-0.25, -0.2) is 0 Å². The van der Waals surface area contributed by atoms with E-state index in [1.54, 1.807) is 19.1 Å². The number of alkyl halides is 3. The van der Waals surface area contributed by atoms with E-state index in [1.807, 2.05) is 12.1 Å². The maximum atomic E-state index is 12.3. The largest absolute Gasteiger partial charge is 0.573 e. The Balaban J connectivity index is 2.10. The molecule has 2 aromatic rings. The fraction of sp³-hybridized carbons (Fsp3) is 0.188. The number of carbonyl (C=O) groups excluding carboxylic acids is 1. The molecular weight excluding hydrogens is 375 g/mol. The molecule has 0 radical (unpaired) electrons. The predicted octanol–water partition coefficient (Wildman–Crippen LogP) is 5.03. The van der Waals surface area contributed by atoms with Gasteiger partial charge in [0.05, 0.1) is 6.04 Å². The van der Waals surface area contributed by atoms with Crippen LogP contribution in [0.3, 0.4) is 0 Å². The van der Waals surface area contributed by atoms with Crippen LogP contribution >= 0.6 is 15.9 Å². The van der Waals surface area contributed by atoms with Crippen LogP contribution in [0.2, 0.25) is 0 Å². The van der Waals surface area contributed by atoms with Crippen LogP contribution in [0, 0.1) is 0 Å². The first-order chi connectivity index (χ1) is 10.7. The Morgan fingerprint density at radius 2 is 1.83 bits per heavy atom. The minimum Gasteiger partial charge on any atom is -0.406 e. The Bertz CT molecular complexity index is 686. The van der Waals surface area contributed by atoms with Crippen molar-refractivity contribution in [3.8, 4) is 5.75 Å². The van der Waals surface area contributed by atoms with Crippen molar-refractivity contribution in [3.05, 3.63) is 58.6 Å². The van der Waals surface area contributed by atoms with Gasteiger partial charge in [-0.3, -0.25) is 4.79 Å². The number of benzene rings is 2. The molecule has 0 heterocycles. The van der Waals surface area contributed by atoms with E-state index in [0.717, 1.165) is 22.3 Å². The molecule has 1 unspecified atom stereocenters. The summed E-state index contributed by atoms with van der Waals surface area (Å²) in [6, 6.07) is 11.6. The molecule has 3 nitrogen and oxygen atoms in total. The summed E-state index contributed by atoms with van der Waals surface area (Å²) in [7, 11) is 0. The molecule has 0 saturated carbocycles. The third-order valence-electron chi connectivity index (χ3n) is 2.97. The smallest absolute Gasteiger partial charge is 0.406 e. The molecule has 2 rings (SSSR count). The zero-order valence-electron chi connectivity index (χ0n) is 12.0. The van der Waals surface area contributed by atoms with E-state index in [0.29, 0.717) is 0 Å². The number of ether oxygens (including phenoxy) is 1. The Labute approximate surface area is 139 Å². The van der Waals surface area contributed by atoms with Crippen molar-refractivity contribution >= 4 is 27.4 Å². The highest BCUT2D eigenvalue weighted by Crippen LogP contribution is 2.24. The number of ketones is 1. The first-order valence-corrected chi connectivity index (χ1v) is 7.46. The SMILES string of the molecule is CC(Nc1ccc(Br)cc1)C(=O)c1cccc(OC(F)(F)F)c1. The standard InChI is InChI=1S/C16H13BrF3NO2/c1-10(21-13-7-5-12(17)6-8-13)15(22)11-3-2-4-14(9-11)23-16(18,19)20/h2-10,21H,1H3. The quantitative estimate of drug-likeness (QED) is 0.731. The normalized spacial score (nSPS) is 12.6. The fourth-order valence-electron chi connectivity index (χ4n) is 1.96. The molecule has 0 saturated heterocycles. The number of hydrogen-bond donors (Lipinski definition) is 1. The first-order valence-electron chi connectivity index (χ1n) is 6.67. The van der Waals surface area contributed by atoms with Crippen molar-refractivity contribution < 1.29 is 22.7 Å². The summed E-state index contributed by atoms with van der Waals surface area (Å²) in [6.45, 7) is 1.64. The molecular formula is C16H13BrF3NO2. The summed E-state index contributed by atoms with van der Waals surface area (Å²) in [5.41, 5.74) is 0.876. The van der Waals surface area contributed by atoms with E-state index in [4.69, 9.17) is 0 Å². The summed E-state index contributed by atoms with van der Waals surface area (Å²) < 4.78 is 41.4. The highest BCUT2D eigenvalue weighted by atomic mass is 79.9. The number of hydrogen-bond acceptors (Lipinski definition) is 3. The van der Waals surface area contributed by atoms with Gasteiger partial charge in [-0.1, -0.05) is 28.1 Å². The minimum absolute atomic E-state index is 0.142. The van der Waals surface area contributed by atoms with Gasteiger partial charge in [0.15, 0.2) is 5.78 Å². The summed E-state index contributed by atoms with van der Waals surface area (Å²) >= 11 is 3.31. The van der Waals surface area contributed by atoms with Gasteiger partial charge in [0.1, 0.15) is 5.75 Å². The lowest BCUT2D eigenvalue weighted by molar-refractivity contribution is -0.274. The lowest BCUT2D eigenvalue weighted by Crippen LogP contribution is -2.26. The van der Waals surface area contributed by atoms with Gasteiger partial charge in [0.2, 0.25) is 0 Å². The average Bonchev–Trinajstić information content (AvgIpc) is 2.47. The highest BCUT2D eigenvalue weighted by Gasteiger charge is 2.31. The van der Waals surface area contributed by atoms with Crippen LogP contribution in [0.5, 0.6) is 5.75 Å². The second-order valence-electron chi connectivity index (χ2n) is 4.81. The summed E-state index contributed by atoms with van der Waals surface area (Å²) in [5, 5.41) is 3.00. The van der Waals surface area contributed by atoms with Crippen molar-refractivity contribution in [2.45, 2.75) is 19.3 Å². The van der Waals surface area contributed by atoms with E-state index in [1.165, 1.54) is 12.1 Å². The number of halogens is 4. The van der Waals surface area contributed by atoms with Crippen LogP contribution < -0.4 is 10.1 Å². The van der Waals surface area contributed by atoms with E-state index in [2.05, 4.69) is 26.0 Å². The van der Waals surface area contributed by atoms with Gasteiger partial charge in [-0.15, -0.1) is 13.2 Å². The van der Waals surface area contributed by atoms with Crippen molar-refractivity contribution in [1.29, 1.82) is 0 Å². The van der Waals surface area contributed by atoms with Crippen LogP contribution in [0.4, 0.5) is 18.9 Å². The number of anilines is 1. The molecule has 1 N–H and O–H groups in total. The third-order valence-corrected chi connectivity index (χ3v) is 3.50. The van der Waals surface area contributed by atoms with Gasteiger partial charge in [-0.05, 0) is 43.3 Å². The second-order valence-corrected chi connectivity index (χ2v) is 5.73. The lowest BCUT2D eigenvalue weighted by atomic mass is 10.0. The topological polar surface area (TPSA) is 38.3 Å². The van der Waals surface area contributed by atoms with Gasteiger partial charge >= 0.3 is 6.36 Å². The first kappa shape index (κ1) is 17.3. The number of rotatable bonds is 5. The zero-order valence-corrected chi connectivity index (χ0v) is 13.6. The van der Waals surface area contributed by atoms with Crippen LogP contribution in [0.1, 0.15) is 17.3 Å². The summed E-state index contributed by atoms with van der Waals surface area (Å²) in [5.74, 6) is -0.750. The van der Waals surface area contributed by atoms with Gasteiger partial charge in [0.25, 0.3) is 0 Å². The Kier molecular flexibility index (Phi) is 5.30. The number of nitrogens with one attached hydrogen (secondary N) is 1. The minimum atomic E-state index is -4.79. The molecule has 0 amide bonds. The van der Waals surface area contributed by atoms with Crippen LogP contribution in [-0.4, -0.2) is 18.2 Å². The van der Waals surface area contributed by atoms with Gasteiger partial charge in [0, 0.05) is 15.7 Å². The fourth-order valence-corrected chi connectivity index (χ4v) is 2.22. The number of carbonyl (C=O) groups is 1. The lowest BCUT2D eigenvalue weighted by Gasteiger charge is -2.15. The van der Waals surface area contributed by atoms with Gasteiger partial charge in [-0.2, -0.15) is 0 Å².